The molecule has 2 fully saturated rings. The molecular formula is C14H29N3. The molecule has 2 aliphatic heterocycles. The first-order valence-electron chi connectivity index (χ1n) is 7.46. The molecular weight excluding hydrogens is 210 g/mol. The van der Waals surface area contributed by atoms with Gasteiger partial charge in [0.2, 0.25) is 0 Å². The lowest BCUT2D eigenvalue weighted by molar-refractivity contribution is 0.137. The summed E-state index contributed by atoms with van der Waals surface area (Å²) >= 11 is 0. The Morgan fingerprint density at radius 3 is 2.65 bits per heavy atom. The van der Waals surface area contributed by atoms with Gasteiger partial charge in [0.25, 0.3) is 0 Å². The van der Waals surface area contributed by atoms with Gasteiger partial charge in [-0.05, 0) is 58.9 Å². The molecule has 17 heavy (non-hydrogen) atoms. The van der Waals surface area contributed by atoms with E-state index in [4.69, 9.17) is 0 Å². The fourth-order valence-electron chi connectivity index (χ4n) is 3.36. The van der Waals surface area contributed by atoms with Crippen LogP contribution in [0, 0.1) is 0 Å². The first-order valence-corrected chi connectivity index (χ1v) is 7.46. The summed E-state index contributed by atoms with van der Waals surface area (Å²) in [5.41, 5.74) is 0. The van der Waals surface area contributed by atoms with Gasteiger partial charge >= 0.3 is 0 Å². The van der Waals surface area contributed by atoms with Crippen LogP contribution in [0.4, 0.5) is 0 Å². The van der Waals surface area contributed by atoms with Crippen molar-refractivity contribution in [3.05, 3.63) is 0 Å². The highest BCUT2D eigenvalue weighted by atomic mass is 15.2. The smallest absolute Gasteiger partial charge is 0.0220 e. The van der Waals surface area contributed by atoms with Crippen molar-refractivity contribution >= 4 is 0 Å². The fourth-order valence-corrected chi connectivity index (χ4v) is 3.36. The number of piperidine rings is 1. The third kappa shape index (κ3) is 3.67. The Bertz CT molecular complexity index is 214. The Labute approximate surface area is 107 Å². The maximum atomic E-state index is 3.48. The zero-order valence-corrected chi connectivity index (χ0v) is 11.6. The Hall–Kier alpha value is -0.120. The molecule has 2 aliphatic rings. The largest absolute Gasteiger partial charge is 0.317 e. The number of nitrogens with one attached hydrogen (secondary N) is 1. The summed E-state index contributed by atoms with van der Waals surface area (Å²) < 4.78 is 0. The average molecular weight is 239 g/mol. The van der Waals surface area contributed by atoms with Crippen LogP contribution in [0.1, 0.15) is 39.0 Å². The van der Waals surface area contributed by atoms with Gasteiger partial charge in [0.15, 0.2) is 0 Å². The van der Waals surface area contributed by atoms with E-state index in [1.165, 1.54) is 64.8 Å². The summed E-state index contributed by atoms with van der Waals surface area (Å²) in [6.45, 7) is 8.65. The second kappa shape index (κ2) is 6.72. The summed E-state index contributed by atoms with van der Waals surface area (Å²) in [5.74, 6) is 0. The molecule has 3 nitrogen and oxygen atoms in total. The third-order valence-corrected chi connectivity index (χ3v) is 4.47. The number of hydrogen-bond donors (Lipinski definition) is 1. The fraction of sp³-hybridized carbons (Fsp3) is 1.00. The monoisotopic (exact) mass is 239 g/mol. The first kappa shape index (κ1) is 13.3. The van der Waals surface area contributed by atoms with Crippen molar-refractivity contribution < 1.29 is 0 Å². The minimum atomic E-state index is 0.789. The van der Waals surface area contributed by atoms with Crippen LogP contribution in [0.25, 0.3) is 0 Å². The van der Waals surface area contributed by atoms with Gasteiger partial charge in [-0.15, -0.1) is 0 Å². The van der Waals surface area contributed by atoms with E-state index >= 15 is 0 Å². The van der Waals surface area contributed by atoms with Crippen LogP contribution < -0.4 is 5.32 Å². The van der Waals surface area contributed by atoms with E-state index in [2.05, 4.69) is 29.1 Å². The number of nitrogens with zero attached hydrogens (tertiary/aromatic N) is 2. The molecule has 1 atom stereocenters. The van der Waals surface area contributed by atoms with Crippen molar-refractivity contribution in [3.63, 3.8) is 0 Å². The van der Waals surface area contributed by atoms with Gasteiger partial charge in [-0.25, -0.2) is 0 Å². The summed E-state index contributed by atoms with van der Waals surface area (Å²) in [6, 6.07) is 1.64. The van der Waals surface area contributed by atoms with Crippen LogP contribution in [0.5, 0.6) is 0 Å². The van der Waals surface area contributed by atoms with Gasteiger partial charge in [-0.3, -0.25) is 4.90 Å². The molecule has 0 aliphatic carbocycles. The van der Waals surface area contributed by atoms with E-state index in [-0.39, 0.29) is 0 Å². The molecule has 0 saturated carbocycles. The Morgan fingerprint density at radius 1 is 1.18 bits per heavy atom. The van der Waals surface area contributed by atoms with E-state index in [0.29, 0.717) is 0 Å². The molecule has 0 radical (unpaired) electrons. The van der Waals surface area contributed by atoms with Gasteiger partial charge < -0.3 is 10.2 Å². The van der Waals surface area contributed by atoms with Crippen LogP contribution in [0.2, 0.25) is 0 Å². The third-order valence-electron chi connectivity index (χ3n) is 4.47. The highest BCUT2D eigenvalue weighted by Crippen LogP contribution is 2.19. The average Bonchev–Trinajstić information content (AvgIpc) is 2.54. The first-order chi connectivity index (χ1) is 8.31. The highest BCUT2D eigenvalue weighted by molar-refractivity contribution is 4.84. The number of hydrogen-bond acceptors (Lipinski definition) is 3. The lowest BCUT2D eigenvalue weighted by atomic mass is 10.0. The van der Waals surface area contributed by atoms with E-state index in [0.717, 1.165) is 12.1 Å². The minimum absolute atomic E-state index is 0.789. The number of likely N-dealkylation sites (N-methyl/N-ethyl adjacent to an activating group) is 1. The highest BCUT2D eigenvalue weighted by Gasteiger charge is 2.27. The van der Waals surface area contributed by atoms with Crippen LogP contribution in [-0.2, 0) is 0 Å². The Kier molecular flexibility index (Phi) is 5.26. The quantitative estimate of drug-likeness (QED) is 0.806. The lowest BCUT2D eigenvalue weighted by Gasteiger charge is -2.36. The maximum absolute atomic E-state index is 3.48. The zero-order chi connectivity index (χ0) is 12.1. The van der Waals surface area contributed by atoms with Crippen molar-refractivity contribution in [1.82, 2.24) is 15.1 Å². The molecule has 2 rings (SSSR count). The number of rotatable bonds is 3. The van der Waals surface area contributed by atoms with Crippen molar-refractivity contribution in [2.45, 2.75) is 51.1 Å². The zero-order valence-electron chi connectivity index (χ0n) is 11.6. The summed E-state index contributed by atoms with van der Waals surface area (Å²) in [7, 11) is 2.31. The standard InChI is InChI=1S/C14H29N3/c1-3-5-14-12-17(11-4-10-16(14)2)13-6-8-15-9-7-13/h13-15H,3-12H2,1-2H3. The molecule has 0 bridgehead atoms. The predicted octanol–water partition coefficient (Wildman–Crippen LogP) is 1.54. The molecule has 100 valence electrons. The molecule has 1 N–H and O–H groups in total. The summed E-state index contributed by atoms with van der Waals surface area (Å²) in [6.07, 6.45) is 6.72. The van der Waals surface area contributed by atoms with Gasteiger partial charge in [0.05, 0.1) is 0 Å². The molecule has 1 unspecified atom stereocenters. The van der Waals surface area contributed by atoms with Crippen LogP contribution >= 0.6 is 0 Å². The second-order valence-corrected chi connectivity index (χ2v) is 5.75. The molecule has 0 aromatic rings. The van der Waals surface area contributed by atoms with Gasteiger partial charge in [-0.2, -0.15) is 0 Å². The lowest BCUT2D eigenvalue weighted by Crippen LogP contribution is -2.47. The molecule has 0 spiro atoms. The van der Waals surface area contributed by atoms with Crippen molar-refractivity contribution in [3.8, 4) is 0 Å². The normalized spacial score (nSPS) is 30.4. The minimum Gasteiger partial charge on any atom is -0.317 e. The Balaban J connectivity index is 1.92. The molecule has 3 heteroatoms. The maximum Gasteiger partial charge on any atom is 0.0220 e. The van der Waals surface area contributed by atoms with Gasteiger partial charge in [0, 0.05) is 18.6 Å². The molecule has 0 aromatic carbocycles. The molecule has 0 aromatic heterocycles. The van der Waals surface area contributed by atoms with Crippen LogP contribution in [0.3, 0.4) is 0 Å². The topological polar surface area (TPSA) is 18.5 Å². The van der Waals surface area contributed by atoms with E-state index in [9.17, 15) is 0 Å². The van der Waals surface area contributed by atoms with Gasteiger partial charge in [0.1, 0.15) is 0 Å². The van der Waals surface area contributed by atoms with Crippen molar-refractivity contribution in [1.29, 1.82) is 0 Å². The second-order valence-electron chi connectivity index (χ2n) is 5.75. The SMILES string of the molecule is CCCC1CN(C2CCNCC2)CCCN1C. The molecule has 2 heterocycles. The summed E-state index contributed by atoms with van der Waals surface area (Å²) in [4.78, 5) is 5.37. The van der Waals surface area contributed by atoms with Crippen molar-refractivity contribution in [2.24, 2.45) is 0 Å². The Morgan fingerprint density at radius 2 is 1.94 bits per heavy atom. The molecule has 2 saturated heterocycles. The van der Waals surface area contributed by atoms with E-state index in [1.54, 1.807) is 0 Å². The van der Waals surface area contributed by atoms with Gasteiger partial charge in [-0.1, -0.05) is 13.3 Å². The van der Waals surface area contributed by atoms with Crippen LogP contribution in [0.15, 0.2) is 0 Å². The molecule has 0 amide bonds. The summed E-state index contributed by atoms with van der Waals surface area (Å²) in [5, 5.41) is 3.48. The van der Waals surface area contributed by atoms with E-state index < -0.39 is 0 Å². The predicted molar refractivity (Wildman–Crippen MR) is 73.4 cm³/mol. The van der Waals surface area contributed by atoms with Crippen LogP contribution in [-0.4, -0.2) is 61.7 Å². The van der Waals surface area contributed by atoms with E-state index in [1.807, 2.05) is 0 Å². The van der Waals surface area contributed by atoms with Crippen molar-refractivity contribution in [2.75, 3.05) is 39.8 Å².